The lowest BCUT2D eigenvalue weighted by Gasteiger charge is -2.31. The standard InChI is InChI=1S/C18H20N4O3S/c1-12-19-16(25-20-12)10-13-6-8-21(9-7-13)17(23)11-22-18(24)14-4-2-3-5-15(14)26-22/h2-5,13H,6-11H2,1H3. The van der Waals surface area contributed by atoms with E-state index in [0.717, 1.165) is 24.0 Å². The Morgan fingerprint density at radius 3 is 2.77 bits per heavy atom. The number of benzene rings is 1. The van der Waals surface area contributed by atoms with E-state index in [2.05, 4.69) is 10.1 Å². The van der Waals surface area contributed by atoms with Crippen LogP contribution in [0.3, 0.4) is 0 Å². The Morgan fingerprint density at radius 1 is 1.31 bits per heavy atom. The molecule has 2 aromatic heterocycles. The molecule has 1 amide bonds. The highest BCUT2D eigenvalue weighted by atomic mass is 32.1. The first-order valence-corrected chi connectivity index (χ1v) is 9.53. The van der Waals surface area contributed by atoms with Gasteiger partial charge >= 0.3 is 0 Å². The van der Waals surface area contributed by atoms with Crippen LogP contribution >= 0.6 is 11.5 Å². The Morgan fingerprint density at radius 2 is 2.08 bits per heavy atom. The van der Waals surface area contributed by atoms with Crippen molar-refractivity contribution in [1.82, 2.24) is 19.0 Å². The molecule has 0 saturated carbocycles. The smallest absolute Gasteiger partial charge is 0.268 e. The van der Waals surface area contributed by atoms with Crippen LogP contribution in [0.2, 0.25) is 0 Å². The Labute approximate surface area is 154 Å². The first-order chi connectivity index (χ1) is 12.6. The predicted molar refractivity (Wildman–Crippen MR) is 98.1 cm³/mol. The number of carbonyl (C=O) groups excluding carboxylic acids is 1. The lowest BCUT2D eigenvalue weighted by Crippen LogP contribution is -2.41. The minimum atomic E-state index is -0.0828. The summed E-state index contributed by atoms with van der Waals surface area (Å²) in [5, 5.41) is 4.50. The van der Waals surface area contributed by atoms with Crippen molar-refractivity contribution in [2.24, 2.45) is 5.92 Å². The zero-order chi connectivity index (χ0) is 18.1. The molecule has 0 aliphatic carbocycles. The minimum absolute atomic E-state index is 0.00532. The third-order valence-electron chi connectivity index (χ3n) is 4.83. The van der Waals surface area contributed by atoms with Gasteiger partial charge in [0, 0.05) is 19.5 Å². The van der Waals surface area contributed by atoms with Crippen molar-refractivity contribution in [3.63, 3.8) is 0 Å². The molecule has 26 heavy (non-hydrogen) atoms. The van der Waals surface area contributed by atoms with Gasteiger partial charge in [0.05, 0.1) is 10.1 Å². The minimum Gasteiger partial charge on any atom is -0.341 e. The fourth-order valence-electron chi connectivity index (χ4n) is 3.40. The summed E-state index contributed by atoms with van der Waals surface area (Å²) in [7, 11) is 0. The van der Waals surface area contributed by atoms with Crippen LogP contribution in [0.1, 0.15) is 24.6 Å². The highest BCUT2D eigenvalue weighted by Gasteiger charge is 2.25. The van der Waals surface area contributed by atoms with Gasteiger partial charge in [0.15, 0.2) is 5.82 Å². The molecule has 3 aromatic rings. The Kier molecular flexibility index (Phi) is 4.58. The van der Waals surface area contributed by atoms with E-state index in [1.165, 1.54) is 11.5 Å². The summed E-state index contributed by atoms with van der Waals surface area (Å²) in [6, 6.07) is 7.46. The maximum Gasteiger partial charge on any atom is 0.268 e. The van der Waals surface area contributed by atoms with Crippen molar-refractivity contribution in [1.29, 1.82) is 0 Å². The van der Waals surface area contributed by atoms with Gasteiger partial charge in [-0.1, -0.05) is 28.8 Å². The van der Waals surface area contributed by atoms with Crippen LogP contribution < -0.4 is 5.56 Å². The monoisotopic (exact) mass is 372 g/mol. The van der Waals surface area contributed by atoms with E-state index in [0.29, 0.717) is 36.1 Å². The maximum absolute atomic E-state index is 12.6. The summed E-state index contributed by atoms with van der Waals surface area (Å²) in [4.78, 5) is 31.1. The van der Waals surface area contributed by atoms with Gasteiger partial charge in [-0.3, -0.25) is 13.5 Å². The van der Waals surface area contributed by atoms with Crippen molar-refractivity contribution in [2.45, 2.75) is 32.7 Å². The van der Waals surface area contributed by atoms with Crippen LogP contribution in [-0.2, 0) is 17.8 Å². The van der Waals surface area contributed by atoms with Gasteiger partial charge in [-0.05, 0) is 37.8 Å². The second-order valence-corrected chi connectivity index (χ2v) is 7.76. The number of rotatable bonds is 4. The van der Waals surface area contributed by atoms with Crippen LogP contribution in [0.5, 0.6) is 0 Å². The Balaban J connectivity index is 1.36. The highest BCUT2D eigenvalue weighted by molar-refractivity contribution is 7.13. The van der Waals surface area contributed by atoms with E-state index in [4.69, 9.17) is 4.52 Å². The fraction of sp³-hybridized carbons (Fsp3) is 0.444. The molecule has 4 rings (SSSR count). The molecule has 7 nitrogen and oxygen atoms in total. The van der Waals surface area contributed by atoms with Gasteiger partial charge in [-0.2, -0.15) is 4.98 Å². The average molecular weight is 372 g/mol. The summed E-state index contributed by atoms with van der Waals surface area (Å²) in [5.74, 6) is 1.78. The number of aromatic nitrogens is 3. The number of hydrogen-bond acceptors (Lipinski definition) is 6. The first-order valence-electron chi connectivity index (χ1n) is 8.76. The molecule has 0 atom stereocenters. The van der Waals surface area contributed by atoms with E-state index in [-0.39, 0.29) is 18.0 Å². The summed E-state index contributed by atoms with van der Waals surface area (Å²) < 4.78 is 7.66. The maximum atomic E-state index is 12.6. The number of carbonyl (C=O) groups is 1. The molecule has 0 radical (unpaired) electrons. The van der Waals surface area contributed by atoms with E-state index in [1.807, 2.05) is 30.0 Å². The van der Waals surface area contributed by atoms with Gasteiger partial charge in [0.25, 0.3) is 5.56 Å². The molecule has 0 unspecified atom stereocenters. The number of fused-ring (bicyclic) bond motifs is 1. The number of aryl methyl sites for hydroxylation is 1. The molecule has 0 bridgehead atoms. The van der Waals surface area contributed by atoms with Crippen molar-refractivity contribution >= 4 is 27.5 Å². The predicted octanol–water partition coefficient (Wildman–Crippen LogP) is 2.24. The van der Waals surface area contributed by atoms with Crippen molar-refractivity contribution < 1.29 is 9.32 Å². The third-order valence-corrected chi connectivity index (χ3v) is 5.90. The fourth-order valence-corrected chi connectivity index (χ4v) is 4.39. The third kappa shape index (κ3) is 3.41. The zero-order valence-corrected chi connectivity index (χ0v) is 15.4. The van der Waals surface area contributed by atoms with Crippen molar-refractivity contribution in [3.05, 3.63) is 46.3 Å². The molecule has 1 aliphatic rings. The molecular weight excluding hydrogens is 352 g/mol. The van der Waals surface area contributed by atoms with Gasteiger partial charge in [0.1, 0.15) is 6.54 Å². The SMILES string of the molecule is Cc1noc(CC2CCN(C(=O)Cn3sc4ccccc4c3=O)CC2)n1. The Hall–Kier alpha value is -2.48. The van der Waals surface area contributed by atoms with E-state index in [1.54, 1.807) is 10.0 Å². The number of piperidine rings is 1. The van der Waals surface area contributed by atoms with Gasteiger partial charge in [0.2, 0.25) is 11.8 Å². The van der Waals surface area contributed by atoms with E-state index >= 15 is 0 Å². The zero-order valence-electron chi connectivity index (χ0n) is 14.6. The van der Waals surface area contributed by atoms with Gasteiger partial charge < -0.3 is 9.42 Å². The van der Waals surface area contributed by atoms with E-state index in [9.17, 15) is 9.59 Å². The van der Waals surface area contributed by atoms with Crippen LogP contribution in [0.15, 0.2) is 33.6 Å². The number of nitrogens with zero attached hydrogens (tertiary/aromatic N) is 4. The molecular formula is C18H20N4O3S. The molecule has 0 N–H and O–H groups in total. The number of amides is 1. The Bertz CT molecular complexity index is 982. The average Bonchev–Trinajstić information content (AvgIpc) is 3.19. The molecule has 8 heteroatoms. The quantitative estimate of drug-likeness (QED) is 0.701. The molecule has 1 aliphatic heterocycles. The summed E-state index contributed by atoms with van der Waals surface area (Å²) in [5.41, 5.74) is -0.0828. The van der Waals surface area contributed by atoms with Crippen molar-refractivity contribution in [3.8, 4) is 0 Å². The number of likely N-dealkylation sites (tertiary alicyclic amines) is 1. The molecule has 136 valence electrons. The topological polar surface area (TPSA) is 81.2 Å². The van der Waals surface area contributed by atoms with Crippen LogP contribution in [-0.4, -0.2) is 38.0 Å². The summed E-state index contributed by atoms with van der Waals surface area (Å²) in [6.07, 6.45) is 2.58. The lowest BCUT2D eigenvalue weighted by molar-refractivity contribution is -0.133. The second kappa shape index (κ2) is 7.03. The first kappa shape index (κ1) is 17.0. The second-order valence-electron chi connectivity index (χ2n) is 6.69. The van der Waals surface area contributed by atoms with Crippen LogP contribution in [0.4, 0.5) is 0 Å². The molecule has 3 heterocycles. The number of hydrogen-bond donors (Lipinski definition) is 0. The van der Waals surface area contributed by atoms with Crippen molar-refractivity contribution in [2.75, 3.05) is 13.1 Å². The van der Waals surface area contributed by atoms with Gasteiger partial charge in [-0.25, -0.2) is 0 Å². The molecule has 1 fully saturated rings. The highest BCUT2D eigenvalue weighted by Crippen LogP contribution is 2.22. The molecule has 1 aromatic carbocycles. The lowest BCUT2D eigenvalue weighted by atomic mass is 9.93. The van der Waals surface area contributed by atoms with E-state index < -0.39 is 0 Å². The normalized spacial score (nSPS) is 15.7. The van der Waals surface area contributed by atoms with Gasteiger partial charge in [-0.15, -0.1) is 0 Å². The molecule has 1 saturated heterocycles. The van der Waals surface area contributed by atoms with Crippen LogP contribution in [0.25, 0.3) is 10.1 Å². The summed E-state index contributed by atoms with van der Waals surface area (Å²) >= 11 is 1.35. The molecule has 0 spiro atoms. The van der Waals surface area contributed by atoms with Crippen LogP contribution in [0, 0.1) is 12.8 Å². The largest absolute Gasteiger partial charge is 0.341 e. The summed E-state index contributed by atoms with van der Waals surface area (Å²) in [6.45, 7) is 3.34.